The van der Waals surface area contributed by atoms with E-state index in [2.05, 4.69) is 10.6 Å². The molecule has 3 amide bonds. The summed E-state index contributed by atoms with van der Waals surface area (Å²) in [6.07, 6.45) is -0.236. The van der Waals surface area contributed by atoms with Gasteiger partial charge in [-0.15, -0.1) is 0 Å². The van der Waals surface area contributed by atoms with Crippen molar-refractivity contribution in [2.75, 3.05) is 28.7 Å². The standard InChI is InChI=1S/C26H24ClN3O5/c1-2-34-19-13-9-18(10-14-19)28-24(31)15-23-26(33)29-21-5-3-4-6-22(21)30(23)25(32)16-35-20-11-7-17(27)8-12-20/h3-14,23H,2,15-16H2,1H3,(H,28,31)(H,29,33)/t23-/m0/s1. The van der Waals surface area contributed by atoms with E-state index in [1.165, 1.54) is 4.90 Å². The smallest absolute Gasteiger partial charge is 0.265 e. The van der Waals surface area contributed by atoms with Crippen LogP contribution >= 0.6 is 11.6 Å². The predicted molar refractivity (Wildman–Crippen MR) is 134 cm³/mol. The number of rotatable bonds is 8. The lowest BCUT2D eigenvalue weighted by Gasteiger charge is -2.36. The molecule has 0 bridgehead atoms. The van der Waals surface area contributed by atoms with Crippen LogP contribution in [0.5, 0.6) is 11.5 Å². The van der Waals surface area contributed by atoms with E-state index in [4.69, 9.17) is 21.1 Å². The lowest BCUT2D eigenvalue weighted by molar-refractivity contribution is -0.127. The van der Waals surface area contributed by atoms with Crippen LogP contribution in [0.15, 0.2) is 72.8 Å². The number of fused-ring (bicyclic) bond motifs is 1. The van der Waals surface area contributed by atoms with Crippen LogP contribution in [0.25, 0.3) is 0 Å². The molecule has 0 unspecified atom stereocenters. The third-order valence-electron chi connectivity index (χ3n) is 5.31. The van der Waals surface area contributed by atoms with Crippen LogP contribution in [0, 0.1) is 0 Å². The molecule has 0 saturated carbocycles. The van der Waals surface area contributed by atoms with Crippen molar-refractivity contribution in [1.29, 1.82) is 0 Å². The van der Waals surface area contributed by atoms with Gasteiger partial charge in [-0.05, 0) is 67.6 Å². The van der Waals surface area contributed by atoms with E-state index in [0.29, 0.717) is 40.2 Å². The van der Waals surface area contributed by atoms with Crippen molar-refractivity contribution in [2.45, 2.75) is 19.4 Å². The second kappa shape index (κ2) is 10.9. The van der Waals surface area contributed by atoms with E-state index in [1.54, 1.807) is 72.8 Å². The summed E-state index contributed by atoms with van der Waals surface area (Å²) >= 11 is 5.90. The number of hydrogen-bond donors (Lipinski definition) is 2. The molecule has 35 heavy (non-hydrogen) atoms. The summed E-state index contributed by atoms with van der Waals surface area (Å²) in [5.41, 5.74) is 1.54. The molecule has 0 radical (unpaired) electrons. The Kier molecular flexibility index (Phi) is 7.52. The average molecular weight is 494 g/mol. The van der Waals surface area contributed by atoms with Gasteiger partial charge in [-0.25, -0.2) is 0 Å². The highest BCUT2D eigenvalue weighted by molar-refractivity contribution is 6.30. The fourth-order valence-electron chi connectivity index (χ4n) is 3.72. The van der Waals surface area contributed by atoms with Gasteiger partial charge in [0.15, 0.2) is 6.61 Å². The number of hydrogen-bond acceptors (Lipinski definition) is 5. The van der Waals surface area contributed by atoms with Gasteiger partial charge in [-0.3, -0.25) is 19.3 Å². The molecular formula is C26H24ClN3O5. The molecule has 180 valence electrons. The largest absolute Gasteiger partial charge is 0.494 e. The number of benzene rings is 3. The molecule has 0 fully saturated rings. The van der Waals surface area contributed by atoms with Gasteiger partial charge in [-0.2, -0.15) is 0 Å². The van der Waals surface area contributed by atoms with Gasteiger partial charge in [0.1, 0.15) is 17.5 Å². The second-order valence-electron chi connectivity index (χ2n) is 7.74. The lowest BCUT2D eigenvalue weighted by Crippen LogP contribution is -2.53. The average Bonchev–Trinajstić information content (AvgIpc) is 2.85. The quantitative estimate of drug-likeness (QED) is 0.481. The monoisotopic (exact) mass is 493 g/mol. The molecule has 0 aliphatic carbocycles. The van der Waals surface area contributed by atoms with Crippen LogP contribution in [-0.4, -0.2) is 37.0 Å². The number of ether oxygens (including phenoxy) is 2. The number of anilines is 3. The summed E-state index contributed by atoms with van der Waals surface area (Å²) in [6, 6.07) is 19.4. The molecule has 3 aromatic rings. The Morgan fingerprint density at radius 2 is 1.63 bits per heavy atom. The van der Waals surface area contributed by atoms with E-state index in [1.807, 2.05) is 6.92 Å². The number of para-hydroxylation sites is 2. The van der Waals surface area contributed by atoms with Crippen LogP contribution < -0.4 is 25.0 Å². The molecule has 3 aromatic carbocycles. The summed E-state index contributed by atoms with van der Waals surface area (Å²) in [5, 5.41) is 6.10. The zero-order valence-corrected chi connectivity index (χ0v) is 19.7. The fraction of sp³-hybridized carbons (Fsp3) is 0.192. The molecule has 1 aliphatic rings. The third-order valence-corrected chi connectivity index (χ3v) is 5.56. The number of carbonyl (C=O) groups is 3. The van der Waals surface area contributed by atoms with E-state index in [9.17, 15) is 14.4 Å². The Morgan fingerprint density at radius 1 is 0.971 bits per heavy atom. The maximum Gasteiger partial charge on any atom is 0.265 e. The van der Waals surface area contributed by atoms with Crippen molar-refractivity contribution in [3.8, 4) is 11.5 Å². The van der Waals surface area contributed by atoms with Gasteiger partial charge in [-0.1, -0.05) is 23.7 Å². The van der Waals surface area contributed by atoms with Crippen molar-refractivity contribution in [3.63, 3.8) is 0 Å². The normalized spacial score (nSPS) is 14.5. The van der Waals surface area contributed by atoms with Crippen LogP contribution in [0.3, 0.4) is 0 Å². The molecule has 2 N–H and O–H groups in total. The first-order valence-corrected chi connectivity index (χ1v) is 11.5. The minimum Gasteiger partial charge on any atom is -0.494 e. The minimum atomic E-state index is -1.05. The minimum absolute atomic E-state index is 0.236. The Labute approximate surface area is 207 Å². The summed E-state index contributed by atoms with van der Waals surface area (Å²) in [7, 11) is 0. The maximum atomic E-state index is 13.2. The van der Waals surface area contributed by atoms with E-state index in [-0.39, 0.29) is 13.0 Å². The predicted octanol–water partition coefficient (Wildman–Crippen LogP) is 4.50. The first-order chi connectivity index (χ1) is 16.9. The van der Waals surface area contributed by atoms with Crippen LogP contribution in [0.1, 0.15) is 13.3 Å². The third kappa shape index (κ3) is 5.91. The molecule has 8 nitrogen and oxygen atoms in total. The Hall–Kier alpha value is -4.04. The summed E-state index contributed by atoms with van der Waals surface area (Å²) in [4.78, 5) is 40.3. The van der Waals surface area contributed by atoms with Crippen molar-refractivity contribution in [2.24, 2.45) is 0 Å². The van der Waals surface area contributed by atoms with Gasteiger partial charge < -0.3 is 20.1 Å². The van der Waals surface area contributed by atoms with Crippen LogP contribution in [0.2, 0.25) is 5.02 Å². The van der Waals surface area contributed by atoms with E-state index >= 15 is 0 Å². The summed E-state index contributed by atoms with van der Waals surface area (Å²) in [5.74, 6) is -0.176. The van der Waals surface area contributed by atoms with Crippen molar-refractivity contribution >= 4 is 46.4 Å². The first kappa shape index (κ1) is 24.1. The van der Waals surface area contributed by atoms with Gasteiger partial charge in [0, 0.05) is 10.7 Å². The topological polar surface area (TPSA) is 97.0 Å². The zero-order valence-electron chi connectivity index (χ0n) is 19.0. The molecule has 4 rings (SSSR count). The van der Waals surface area contributed by atoms with Crippen molar-refractivity contribution in [3.05, 3.63) is 77.8 Å². The van der Waals surface area contributed by atoms with Gasteiger partial charge in [0.05, 0.1) is 24.4 Å². The Bertz CT molecular complexity index is 1210. The lowest BCUT2D eigenvalue weighted by atomic mass is 10.0. The number of carbonyl (C=O) groups excluding carboxylic acids is 3. The number of amides is 3. The highest BCUT2D eigenvalue weighted by Gasteiger charge is 2.38. The van der Waals surface area contributed by atoms with E-state index < -0.39 is 23.8 Å². The van der Waals surface area contributed by atoms with E-state index in [0.717, 1.165) is 0 Å². The van der Waals surface area contributed by atoms with Gasteiger partial charge in [0.2, 0.25) is 11.8 Å². The van der Waals surface area contributed by atoms with Gasteiger partial charge in [0.25, 0.3) is 5.91 Å². The number of nitrogens with zero attached hydrogens (tertiary/aromatic N) is 1. The fourth-order valence-corrected chi connectivity index (χ4v) is 3.84. The van der Waals surface area contributed by atoms with Crippen LogP contribution in [0.4, 0.5) is 17.1 Å². The molecular weight excluding hydrogens is 470 g/mol. The van der Waals surface area contributed by atoms with Gasteiger partial charge >= 0.3 is 0 Å². The molecule has 1 aliphatic heterocycles. The maximum absolute atomic E-state index is 13.2. The number of nitrogens with one attached hydrogen (secondary N) is 2. The Balaban J connectivity index is 1.50. The number of halogens is 1. The van der Waals surface area contributed by atoms with Crippen molar-refractivity contribution in [1.82, 2.24) is 0 Å². The molecule has 1 atom stereocenters. The summed E-state index contributed by atoms with van der Waals surface area (Å²) in [6.45, 7) is 2.10. The Morgan fingerprint density at radius 3 is 2.34 bits per heavy atom. The molecule has 0 saturated heterocycles. The highest BCUT2D eigenvalue weighted by Crippen LogP contribution is 2.33. The van der Waals surface area contributed by atoms with Crippen molar-refractivity contribution < 1.29 is 23.9 Å². The molecule has 0 spiro atoms. The first-order valence-electron chi connectivity index (χ1n) is 11.1. The molecule has 9 heteroatoms. The second-order valence-corrected chi connectivity index (χ2v) is 8.17. The SMILES string of the molecule is CCOc1ccc(NC(=O)C[C@H]2C(=O)Nc3ccccc3N2C(=O)COc2ccc(Cl)cc2)cc1. The highest BCUT2D eigenvalue weighted by atomic mass is 35.5. The van der Waals surface area contributed by atoms with Crippen LogP contribution in [-0.2, 0) is 14.4 Å². The molecule has 0 aromatic heterocycles. The summed E-state index contributed by atoms with van der Waals surface area (Å²) < 4.78 is 11.0. The molecule has 1 heterocycles. The zero-order chi connectivity index (χ0) is 24.8.